The summed E-state index contributed by atoms with van der Waals surface area (Å²) in [6.45, 7) is 3.55. The van der Waals surface area contributed by atoms with Gasteiger partial charge in [-0.3, -0.25) is 4.68 Å². The maximum Gasteiger partial charge on any atom is 0.284 e. The lowest BCUT2D eigenvalue weighted by molar-refractivity contribution is 0.0989. The summed E-state index contributed by atoms with van der Waals surface area (Å²) < 4.78 is 36.9. The lowest BCUT2D eigenvalue weighted by atomic mass is 9.86. The van der Waals surface area contributed by atoms with Crippen molar-refractivity contribution in [2.45, 2.75) is 63.6 Å². The van der Waals surface area contributed by atoms with Crippen molar-refractivity contribution >= 4 is 34.4 Å². The van der Waals surface area contributed by atoms with Crippen LogP contribution in [0.5, 0.6) is 0 Å². The van der Waals surface area contributed by atoms with Gasteiger partial charge in [-0.2, -0.15) is 10.2 Å². The quantitative estimate of drug-likeness (QED) is 0.370. The minimum absolute atomic E-state index is 0.106. The Bertz CT molecular complexity index is 1300. The van der Waals surface area contributed by atoms with Crippen molar-refractivity contribution in [3.8, 4) is 0 Å². The fraction of sp³-hybridized carbons (Fsp3) is 0.520. The Morgan fingerprint density at radius 3 is 2.78 bits per heavy atom. The third kappa shape index (κ3) is 4.28. The van der Waals surface area contributed by atoms with E-state index in [0.29, 0.717) is 34.8 Å². The van der Waals surface area contributed by atoms with E-state index in [9.17, 15) is 8.78 Å². The van der Waals surface area contributed by atoms with Crippen molar-refractivity contribution in [1.29, 1.82) is 0 Å². The summed E-state index contributed by atoms with van der Waals surface area (Å²) >= 11 is 5.64. The van der Waals surface area contributed by atoms with Crippen molar-refractivity contribution in [2.24, 2.45) is 5.92 Å². The van der Waals surface area contributed by atoms with Gasteiger partial charge in [-0.15, -0.1) is 0 Å². The third-order valence-corrected chi connectivity index (χ3v) is 7.91. The fourth-order valence-corrected chi connectivity index (χ4v) is 5.98. The number of allylic oxidation sites excluding steroid dienone is 2. The van der Waals surface area contributed by atoms with E-state index in [1.54, 1.807) is 21.6 Å². The molecular weight excluding hydrogens is 484 g/mol. The molecule has 0 amide bonds. The first-order chi connectivity index (χ1) is 17.5. The van der Waals surface area contributed by atoms with E-state index >= 15 is 0 Å². The van der Waals surface area contributed by atoms with Crippen LogP contribution in [0, 0.1) is 5.92 Å². The number of alkyl halides is 2. The van der Waals surface area contributed by atoms with E-state index in [2.05, 4.69) is 32.6 Å². The molecule has 36 heavy (non-hydrogen) atoms. The highest BCUT2D eigenvalue weighted by atomic mass is 32.1. The van der Waals surface area contributed by atoms with Crippen LogP contribution < -0.4 is 10.2 Å². The molecule has 6 rings (SSSR count). The van der Waals surface area contributed by atoms with Gasteiger partial charge in [0.1, 0.15) is 10.8 Å². The highest BCUT2D eigenvalue weighted by Gasteiger charge is 2.39. The molecule has 0 spiro atoms. The number of aromatic nitrogens is 5. The van der Waals surface area contributed by atoms with E-state index in [1.165, 1.54) is 0 Å². The largest absolute Gasteiger partial charge is 0.374 e. The number of nitrogens with one attached hydrogen (secondary N) is 1. The predicted molar refractivity (Wildman–Crippen MR) is 137 cm³/mol. The van der Waals surface area contributed by atoms with E-state index in [0.717, 1.165) is 44.5 Å². The van der Waals surface area contributed by atoms with Gasteiger partial charge < -0.3 is 15.0 Å². The Balaban J connectivity index is 1.23. The van der Waals surface area contributed by atoms with Gasteiger partial charge in [0, 0.05) is 18.9 Å². The number of halogens is 2. The summed E-state index contributed by atoms with van der Waals surface area (Å²) in [5.74, 6) is 1.40. The number of rotatable bonds is 6. The van der Waals surface area contributed by atoms with Gasteiger partial charge in [-0.25, -0.2) is 18.3 Å². The summed E-state index contributed by atoms with van der Waals surface area (Å²) in [6, 6.07) is 2.37. The molecular formula is C25H29F2N7OS. The third-order valence-electron chi connectivity index (χ3n) is 7.59. The summed E-state index contributed by atoms with van der Waals surface area (Å²) in [4.78, 5) is 7.37. The Morgan fingerprint density at radius 1 is 1.25 bits per heavy atom. The van der Waals surface area contributed by atoms with E-state index in [-0.39, 0.29) is 23.5 Å². The van der Waals surface area contributed by atoms with Crippen molar-refractivity contribution in [1.82, 2.24) is 24.4 Å². The number of thiocarbonyl (C=S) groups is 1. The van der Waals surface area contributed by atoms with Crippen LogP contribution in [0.3, 0.4) is 0 Å². The Labute approximate surface area is 213 Å². The molecule has 1 aliphatic carbocycles. The Kier molecular flexibility index (Phi) is 6.20. The smallest absolute Gasteiger partial charge is 0.284 e. The molecule has 2 bridgehead atoms. The van der Waals surface area contributed by atoms with Crippen LogP contribution in [0.25, 0.3) is 5.65 Å². The fourth-order valence-electron chi connectivity index (χ4n) is 5.73. The zero-order chi connectivity index (χ0) is 24.8. The second-order valence-corrected chi connectivity index (χ2v) is 10.3. The highest BCUT2D eigenvalue weighted by Crippen LogP contribution is 2.36. The van der Waals surface area contributed by atoms with Crippen molar-refractivity contribution in [3.05, 3.63) is 48.1 Å². The molecule has 3 aromatic heterocycles. The van der Waals surface area contributed by atoms with Gasteiger partial charge in [-0.05, 0) is 51.0 Å². The minimum atomic E-state index is -2.71. The lowest BCUT2D eigenvalue weighted by Crippen LogP contribution is -2.37. The van der Waals surface area contributed by atoms with E-state index < -0.39 is 6.43 Å². The average molecular weight is 514 g/mol. The second-order valence-electron chi connectivity index (χ2n) is 9.87. The van der Waals surface area contributed by atoms with Crippen molar-refractivity contribution < 1.29 is 13.5 Å². The van der Waals surface area contributed by atoms with E-state index in [4.69, 9.17) is 21.9 Å². The molecule has 3 aromatic rings. The normalized spacial score (nSPS) is 26.1. The highest BCUT2D eigenvalue weighted by molar-refractivity contribution is 7.81. The first kappa shape index (κ1) is 23.5. The van der Waals surface area contributed by atoms with Crippen LogP contribution in [0.15, 0.2) is 36.8 Å². The monoisotopic (exact) mass is 513 g/mol. The summed E-state index contributed by atoms with van der Waals surface area (Å²) in [7, 11) is 0. The van der Waals surface area contributed by atoms with E-state index in [1.807, 2.05) is 19.2 Å². The van der Waals surface area contributed by atoms with Crippen molar-refractivity contribution in [3.63, 3.8) is 0 Å². The van der Waals surface area contributed by atoms with Gasteiger partial charge in [0.2, 0.25) is 0 Å². The van der Waals surface area contributed by atoms with Crippen LogP contribution in [0.4, 0.5) is 20.3 Å². The Hall–Kier alpha value is -2.92. The SMILES string of the molecule is C/C=C/C1CCC(n2cc(NC(=S)c3cnn4ccc(N5C[C@@H]6C[C@H]5CO6)nc34)c(C(F)F)n2)CC1. The first-order valence-corrected chi connectivity index (χ1v) is 12.9. The van der Waals surface area contributed by atoms with Gasteiger partial charge in [0.05, 0.1) is 42.2 Å². The molecule has 8 nitrogen and oxygen atoms in total. The maximum absolute atomic E-state index is 13.9. The number of anilines is 2. The number of hydrogen-bond acceptors (Lipinski definition) is 6. The lowest BCUT2D eigenvalue weighted by Gasteiger charge is -2.27. The second kappa shape index (κ2) is 9.51. The zero-order valence-electron chi connectivity index (χ0n) is 20.1. The maximum atomic E-state index is 13.9. The molecule has 0 aromatic carbocycles. The number of fused-ring (bicyclic) bond motifs is 3. The number of hydrogen-bond donors (Lipinski definition) is 1. The van der Waals surface area contributed by atoms with Gasteiger partial charge in [-0.1, -0.05) is 24.4 Å². The molecule has 0 radical (unpaired) electrons. The molecule has 5 heterocycles. The summed E-state index contributed by atoms with van der Waals surface area (Å²) in [6.07, 6.45) is 11.9. The molecule has 190 valence electrons. The van der Waals surface area contributed by atoms with Crippen LogP contribution in [0.1, 0.15) is 62.8 Å². The number of ether oxygens (including phenoxy) is 1. The summed E-state index contributed by atoms with van der Waals surface area (Å²) in [5, 5.41) is 11.6. The van der Waals surface area contributed by atoms with Crippen LogP contribution in [-0.4, -0.2) is 54.7 Å². The number of nitrogens with zero attached hydrogens (tertiary/aromatic N) is 6. The molecule has 1 saturated carbocycles. The van der Waals surface area contributed by atoms with Gasteiger partial charge in [0.15, 0.2) is 11.3 Å². The minimum Gasteiger partial charge on any atom is -0.374 e. The molecule has 1 N–H and O–H groups in total. The predicted octanol–water partition coefficient (Wildman–Crippen LogP) is 4.94. The molecule has 2 saturated heterocycles. The van der Waals surface area contributed by atoms with Gasteiger partial charge >= 0.3 is 0 Å². The van der Waals surface area contributed by atoms with Crippen LogP contribution in [0.2, 0.25) is 0 Å². The molecule has 2 aliphatic heterocycles. The standard InChI is InChI=1S/C25H29F2N7OS/c1-2-3-15-4-6-16(7-5-15)34-13-20(22(31-34)23(26)27)29-25(36)19-11-28-33-9-8-21(30-24(19)33)32-12-18-10-17(32)14-35-18/h2-3,8-9,11,13,15-18,23H,4-7,10,12,14H2,1H3,(H,29,36)/b3-2+/t15?,16?,17-,18-/m0/s1. The topological polar surface area (TPSA) is 72.5 Å². The molecule has 11 heteroatoms. The van der Waals surface area contributed by atoms with Crippen LogP contribution in [-0.2, 0) is 4.74 Å². The summed E-state index contributed by atoms with van der Waals surface area (Å²) in [5.41, 5.74) is 1.12. The molecule has 2 atom stereocenters. The molecule has 3 aliphatic rings. The van der Waals surface area contributed by atoms with Gasteiger partial charge in [0.25, 0.3) is 6.43 Å². The van der Waals surface area contributed by atoms with Crippen LogP contribution >= 0.6 is 12.2 Å². The Morgan fingerprint density at radius 2 is 2.08 bits per heavy atom. The van der Waals surface area contributed by atoms with Crippen molar-refractivity contribution in [2.75, 3.05) is 23.4 Å². The number of morpholine rings is 1. The molecule has 0 unspecified atom stereocenters. The molecule has 3 fully saturated rings. The first-order valence-electron chi connectivity index (χ1n) is 12.5. The zero-order valence-corrected chi connectivity index (χ0v) is 20.9. The average Bonchev–Trinajstić information content (AvgIpc) is 3.67.